The molecule has 0 radical (unpaired) electrons. The topological polar surface area (TPSA) is 84.9 Å². The molecule has 0 atom stereocenters. The van der Waals surface area contributed by atoms with Crippen molar-refractivity contribution in [3.05, 3.63) is 65.2 Å². The van der Waals surface area contributed by atoms with Crippen molar-refractivity contribution in [1.82, 2.24) is 10.2 Å². The molecule has 3 rings (SSSR count). The van der Waals surface area contributed by atoms with Crippen LogP contribution in [0, 0.1) is 0 Å². The molecule has 35 heavy (non-hydrogen) atoms. The average molecular weight is 513 g/mol. The molecule has 0 spiro atoms. The summed E-state index contributed by atoms with van der Waals surface area (Å²) in [7, 11) is -4.13. The first kappa shape index (κ1) is 26.6. The van der Waals surface area contributed by atoms with Crippen LogP contribution in [0.25, 0.3) is 6.08 Å². The van der Waals surface area contributed by atoms with Gasteiger partial charge in [0.2, 0.25) is 5.91 Å². The molecule has 0 saturated carbocycles. The van der Waals surface area contributed by atoms with E-state index in [0.29, 0.717) is 25.3 Å². The number of halogens is 3. The Morgan fingerprint density at radius 3 is 2.66 bits per heavy atom. The van der Waals surface area contributed by atoms with E-state index < -0.39 is 15.6 Å². The summed E-state index contributed by atoms with van der Waals surface area (Å²) >= 11 is 0. The third-order valence-electron chi connectivity index (χ3n) is 5.51. The maximum atomic E-state index is 12.6. The Morgan fingerprint density at radius 2 is 1.91 bits per heavy atom. The van der Waals surface area contributed by atoms with E-state index in [1.165, 1.54) is 18.2 Å². The van der Waals surface area contributed by atoms with Crippen molar-refractivity contribution >= 4 is 22.1 Å². The molecule has 0 unspecified atom stereocenters. The van der Waals surface area contributed by atoms with Crippen molar-refractivity contribution in [2.24, 2.45) is 0 Å². The lowest BCUT2D eigenvalue weighted by Crippen LogP contribution is -2.32. The second-order valence-electron chi connectivity index (χ2n) is 8.01. The van der Waals surface area contributed by atoms with Gasteiger partial charge in [-0.1, -0.05) is 24.3 Å². The highest BCUT2D eigenvalue weighted by molar-refractivity contribution is 7.88. The summed E-state index contributed by atoms with van der Waals surface area (Å²) in [6.07, 6.45) is 5.41. The number of alkyl halides is 3. The number of nitrogens with zero attached hydrogens (tertiary/aromatic N) is 1. The van der Waals surface area contributed by atoms with Gasteiger partial charge >= 0.3 is 15.6 Å². The smallest absolute Gasteiger partial charge is 0.496 e. The van der Waals surface area contributed by atoms with Crippen LogP contribution >= 0.6 is 0 Å². The summed E-state index contributed by atoms with van der Waals surface area (Å²) in [6.45, 7) is 2.50. The van der Waals surface area contributed by atoms with Crippen molar-refractivity contribution in [2.45, 2.75) is 31.3 Å². The van der Waals surface area contributed by atoms with Gasteiger partial charge in [-0.05, 0) is 61.2 Å². The van der Waals surface area contributed by atoms with E-state index in [1.54, 1.807) is 19.3 Å². The van der Waals surface area contributed by atoms with Gasteiger partial charge in [0.25, 0.3) is 0 Å². The normalized spacial score (nSPS) is 14.5. The van der Waals surface area contributed by atoms with Crippen LogP contribution in [-0.4, -0.2) is 51.5 Å². The number of methoxy groups -OCH3 is 1. The van der Waals surface area contributed by atoms with Gasteiger partial charge in [0.05, 0.1) is 7.11 Å². The molecule has 0 fully saturated rings. The van der Waals surface area contributed by atoms with Gasteiger partial charge < -0.3 is 14.2 Å². The van der Waals surface area contributed by atoms with Crippen LogP contribution < -0.4 is 14.2 Å². The van der Waals surface area contributed by atoms with Gasteiger partial charge in [-0.15, -0.1) is 0 Å². The summed E-state index contributed by atoms with van der Waals surface area (Å²) in [5, 5.41) is 2.83. The summed E-state index contributed by atoms with van der Waals surface area (Å²) in [5.41, 5.74) is -2.98. The van der Waals surface area contributed by atoms with Crippen LogP contribution in [0.5, 0.6) is 11.5 Å². The highest BCUT2D eigenvalue weighted by Crippen LogP contribution is 2.29. The molecule has 1 amide bonds. The first-order chi connectivity index (χ1) is 16.6. The molecular formula is C24H27F3N2O5S. The minimum atomic E-state index is -5.70. The molecule has 190 valence electrons. The molecule has 11 heteroatoms. The van der Waals surface area contributed by atoms with Crippen LogP contribution in [-0.2, 0) is 27.9 Å². The monoisotopic (exact) mass is 512 g/mol. The van der Waals surface area contributed by atoms with Gasteiger partial charge in [-0.2, -0.15) is 21.6 Å². The van der Waals surface area contributed by atoms with Crippen molar-refractivity contribution in [3.63, 3.8) is 0 Å². The number of carbonyl (C=O) groups excluding carboxylic acids is 1. The molecule has 1 heterocycles. The number of nitrogens with one attached hydrogen (secondary N) is 1. The van der Waals surface area contributed by atoms with Gasteiger partial charge in [-0.25, -0.2) is 0 Å². The zero-order chi connectivity index (χ0) is 25.5. The fourth-order valence-corrected chi connectivity index (χ4v) is 4.16. The zero-order valence-electron chi connectivity index (χ0n) is 19.2. The predicted octanol–water partition coefficient (Wildman–Crippen LogP) is 3.89. The molecule has 1 aliphatic rings. The van der Waals surface area contributed by atoms with E-state index in [9.17, 15) is 26.4 Å². The third kappa shape index (κ3) is 7.46. The number of carbonyl (C=O) groups is 1. The molecule has 0 aliphatic carbocycles. The first-order valence-corrected chi connectivity index (χ1v) is 12.4. The Bertz CT molecular complexity index is 1170. The second kappa shape index (κ2) is 11.6. The van der Waals surface area contributed by atoms with Gasteiger partial charge in [0.1, 0.15) is 11.5 Å². The molecule has 0 bridgehead atoms. The van der Waals surface area contributed by atoms with E-state index in [4.69, 9.17) is 4.74 Å². The molecule has 2 aromatic carbocycles. The number of hydrogen-bond acceptors (Lipinski definition) is 6. The number of para-hydroxylation sites is 1. The van der Waals surface area contributed by atoms with Crippen LogP contribution in [0.15, 0.2) is 48.5 Å². The van der Waals surface area contributed by atoms with Crippen LogP contribution in [0.1, 0.15) is 29.5 Å². The molecule has 0 aromatic heterocycles. The quantitative estimate of drug-likeness (QED) is 0.225. The highest BCUT2D eigenvalue weighted by Gasteiger charge is 2.48. The molecule has 2 aromatic rings. The first-order valence-electron chi connectivity index (χ1n) is 11.0. The Kier molecular flexibility index (Phi) is 8.79. The molecular weight excluding hydrogens is 485 g/mol. The molecule has 1 aliphatic heterocycles. The second-order valence-corrected chi connectivity index (χ2v) is 9.55. The molecule has 0 saturated heterocycles. The summed E-state index contributed by atoms with van der Waals surface area (Å²) in [5.74, 6) is 0.122. The maximum absolute atomic E-state index is 12.6. The fraction of sp³-hybridized carbons (Fsp3) is 0.375. The van der Waals surface area contributed by atoms with Crippen molar-refractivity contribution < 1.29 is 35.3 Å². The number of unbranched alkanes of at least 4 members (excludes halogenated alkanes) is 1. The Balaban J connectivity index is 1.42. The standard InChI is InChI=1S/C24H27F3N2O5S/c1-33-22-7-3-2-6-19(22)9-11-23(30)28-13-4-5-14-29-15-12-18-8-10-21(16-20(18)17-29)34-35(31,32)24(25,26)27/h2-3,6-11,16H,4-5,12-15,17H2,1H3,(H,28,30). The fourth-order valence-electron chi connectivity index (χ4n) is 3.71. The van der Waals surface area contributed by atoms with Crippen molar-refractivity contribution in [3.8, 4) is 11.5 Å². The molecule has 1 N–H and O–H groups in total. The number of fused-ring (bicyclic) bond motifs is 1. The summed E-state index contributed by atoms with van der Waals surface area (Å²) in [6, 6.07) is 11.6. The van der Waals surface area contributed by atoms with Crippen LogP contribution in [0.3, 0.4) is 0 Å². The minimum Gasteiger partial charge on any atom is -0.496 e. The number of rotatable bonds is 10. The SMILES string of the molecule is COc1ccccc1C=CC(=O)NCCCCN1CCc2ccc(OS(=O)(=O)C(F)(F)F)cc2C1. The van der Waals surface area contributed by atoms with Crippen molar-refractivity contribution in [2.75, 3.05) is 26.7 Å². The Hall–Kier alpha value is -3.05. The van der Waals surface area contributed by atoms with Gasteiger partial charge in [-0.3, -0.25) is 9.69 Å². The lowest BCUT2D eigenvalue weighted by atomic mass is 9.99. The number of benzene rings is 2. The van der Waals surface area contributed by atoms with Gasteiger partial charge in [0.15, 0.2) is 0 Å². The van der Waals surface area contributed by atoms with Crippen molar-refractivity contribution in [1.29, 1.82) is 0 Å². The van der Waals surface area contributed by atoms with Crippen LogP contribution in [0.4, 0.5) is 13.2 Å². The lowest BCUT2D eigenvalue weighted by Gasteiger charge is -2.29. The Morgan fingerprint density at radius 1 is 1.14 bits per heavy atom. The van der Waals surface area contributed by atoms with E-state index in [0.717, 1.165) is 42.6 Å². The number of hydrogen-bond donors (Lipinski definition) is 1. The summed E-state index contributed by atoms with van der Waals surface area (Å²) < 4.78 is 69.7. The summed E-state index contributed by atoms with van der Waals surface area (Å²) in [4.78, 5) is 14.2. The van der Waals surface area contributed by atoms with Gasteiger partial charge in [0, 0.05) is 31.3 Å². The van der Waals surface area contributed by atoms with E-state index in [2.05, 4.69) is 14.4 Å². The molecule has 7 nitrogen and oxygen atoms in total. The van der Waals surface area contributed by atoms with Crippen LogP contribution in [0.2, 0.25) is 0 Å². The zero-order valence-corrected chi connectivity index (χ0v) is 20.0. The average Bonchev–Trinajstić information content (AvgIpc) is 2.81. The highest BCUT2D eigenvalue weighted by atomic mass is 32.2. The largest absolute Gasteiger partial charge is 0.534 e. The van der Waals surface area contributed by atoms with E-state index >= 15 is 0 Å². The van der Waals surface area contributed by atoms with E-state index in [-0.39, 0.29) is 11.7 Å². The third-order valence-corrected chi connectivity index (χ3v) is 6.49. The lowest BCUT2D eigenvalue weighted by molar-refractivity contribution is -0.116. The Labute approximate surface area is 202 Å². The van der Waals surface area contributed by atoms with E-state index in [1.807, 2.05) is 24.3 Å². The number of amides is 1. The maximum Gasteiger partial charge on any atom is 0.534 e. The predicted molar refractivity (Wildman–Crippen MR) is 125 cm³/mol. The number of ether oxygens (including phenoxy) is 1. The minimum absolute atomic E-state index is 0.204.